The molecule has 0 heterocycles. The molecule has 2 heteroatoms. The Morgan fingerprint density at radius 3 is 2.33 bits per heavy atom. The minimum Gasteiger partial charge on any atom is -0.364 e. The van der Waals surface area contributed by atoms with Crippen LogP contribution in [0.3, 0.4) is 0 Å². The fourth-order valence-corrected chi connectivity index (χ4v) is 3.42. The van der Waals surface area contributed by atoms with E-state index in [2.05, 4.69) is 25.1 Å². The topological polar surface area (TPSA) is 20.2 Å². The molecule has 0 bridgehead atoms. The van der Waals surface area contributed by atoms with Crippen molar-refractivity contribution in [3.63, 3.8) is 0 Å². The van der Waals surface area contributed by atoms with Crippen molar-refractivity contribution in [3.8, 4) is 0 Å². The van der Waals surface area contributed by atoms with Gasteiger partial charge in [0.05, 0.1) is 8.15 Å². The number of hydrogen-bond donors (Lipinski definition) is 1. The maximum Gasteiger partial charge on any atom is 0.0880 e. The van der Waals surface area contributed by atoms with E-state index in [1.165, 1.54) is 18.4 Å². The molecule has 18 heavy (non-hydrogen) atoms. The summed E-state index contributed by atoms with van der Waals surface area (Å²) in [5, 5.41) is 2.13. The average Bonchev–Trinajstić information content (AvgIpc) is 2.45. The van der Waals surface area contributed by atoms with Gasteiger partial charge in [0.2, 0.25) is 0 Å². The Balaban J connectivity index is 2.27. The molecule has 1 unspecified atom stereocenters. The van der Waals surface area contributed by atoms with Gasteiger partial charge in [-0.1, -0.05) is 67.9 Å². The zero-order valence-electron chi connectivity index (χ0n) is 10.7. The summed E-state index contributed by atoms with van der Waals surface area (Å²) in [6.45, 7) is 2.20. The first-order chi connectivity index (χ1) is 8.83. The molecule has 0 aliphatic carbocycles. The van der Waals surface area contributed by atoms with E-state index in [1.807, 2.05) is 36.4 Å². The summed E-state index contributed by atoms with van der Waals surface area (Å²) in [5.74, 6) is 0. The molecule has 0 aliphatic rings. The molecule has 0 fully saturated rings. The van der Waals surface area contributed by atoms with Crippen molar-refractivity contribution in [3.05, 3.63) is 60.2 Å². The molecule has 1 atom stereocenters. The van der Waals surface area contributed by atoms with E-state index in [1.54, 1.807) is 0 Å². The van der Waals surface area contributed by atoms with Crippen molar-refractivity contribution in [1.82, 2.24) is 0 Å². The normalized spacial score (nSPS) is 12.3. The molecule has 0 radical (unpaired) electrons. The Kier molecular flexibility index (Phi) is 4.92. The minimum atomic E-state index is -1.21. The van der Waals surface area contributed by atoms with E-state index in [-0.39, 0.29) is 0 Å². The van der Waals surface area contributed by atoms with Crippen LogP contribution in [-0.4, -0.2) is 4.89 Å². The fourth-order valence-electron chi connectivity index (χ4n) is 2.00. The second-order valence-electron chi connectivity index (χ2n) is 4.38. The molecule has 0 aliphatic heterocycles. The van der Waals surface area contributed by atoms with E-state index in [4.69, 9.17) is 0 Å². The lowest BCUT2D eigenvalue weighted by Crippen LogP contribution is -2.15. The quantitative estimate of drug-likeness (QED) is 0.815. The molecular weight excluding hydrogens is 239 g/mol. The standard InChI is InChI=1S/C16H19OP/c1-2-3-9-14-10-7-8-13-16(14)18(17)15-11-5-4-6-12-15/h4-8,10-13,17H,2-3,9H2,1H3. The van der Waals surface area contributed by atoms with Crippen molar-refractivity contribution in [2.24, 2.45) is 0 Å². The molecule has 0 amide bonds. The summed E-state index contributed by atoms with van der Waals surface area (Å²) >= 11 is 0. The van der Waals surface area contributed by atoms with Gasteiger partial charge in [-0.05, 0) is 18.4 Å². The first-order valence-corrected chi connectivity index (χ1v) is 7.74. The summed E-state index contributed by atoms with van der Waals surface area (Å²) in [7, 11) is -1.21. The molecule has 0 spiro atoms. The molecule has 1 nitrogen and oxygen atoms in total. The van der Waals surface area contributed by atoms with Crippen molar-refractivity contribution in [1.29, 1.82) is 0 Å². The summed E-state index contributed by atoms with van der Waals surface area (Å²) < 4.78 is 0. The molecule has 2 aromatic carbocycles. The third-order valence-corrected chi connectivity index (χ3v) is 4.70. The third-order valence-electron chi connectivity index (χ3n) is 3.02. The predicted molar refractivity (Wildman–Crippen MR) is 79.9 cm³/mol. The highest BCUT2D eigenvalue weighted by Gasteiger charge is 2.13. The van der Waals surface area contributed by atoms with Crippen LogP contribution in [-0.2, 0) is 6.42 Å². The lowest BCUT2D eigenvalue weighted by Gasteiger charge is -2.15. The van der Waals surface area contributed by atoms with Gasteiger partial charge < -0.3 is 4.89 Å². The van der Waals surface area contributed by atoms with E-state index in [0.717, 1.165) is 17.0 Å². The number of aryl methyl sites for hydroxylation is 1. The van der Waals surface area contributed by atoms with Crippen LogP contribution in [0.15, 0.2) is 54.6 Å². The maximum absolute atomic E-state index is 10.5. The zero-order valence-corrected chi connectivity index (χ0v) is 11.6. The summed E-state index contributed by atoms with van der Waals surface area (Å²) in [4.78, 5) is 10.5. The molecule has 1 N–H and O–H groups in total. The van der Waals surface area contributed by atoms with Crippen LogP contribution in [0, 0.1) is 0 Å². The second-order valence-corrected chi connectivity index (χ2v) is 6.00. The van der Waals surface area contributed by atoms with E-state index < -0.39 is 8.15 Å². The number of benzene rings is 2. The van der Waals surface area contributed by atoms with Gasteiger partial charge in [-0.15, -0.1) is 0 Å². The Hall–Kier alpha value is -1.17. The van der Waals surface area contributed by atoms with Gasteiger partial charge in [0.25, 0.3) is 0 Å². The van der Waals surface area contributed by atoms with E-state index in [0.29, 0.717) is 0 Å². The molecule has 0 aromatic heterocycles. The number of rotatable bonds is 5. The lowest BCUT2D eigenvalue weighted by atomic mass is 10.1. The van der Waals surface area contributed by atoms with Crippen molar-refractivity contribution >= 4 is 18.8 Å². The van der Waals surface area contributed by atoms with Gasteiger partial charge in [0.15, 0.2) is 0 Å². The SMILES string of the molecule is CCCCc1ccccc1P(O)c1ccccc1. The molecule has 94 valence electrons. The Bertz CT molecular complexity index is 481. The van der Waals surface area contributed by atoms with Gasteiger partial charge in [-0.3, -0.25) is 0 Å². The van der Waals surface area contributed by atoms with Crippen LogP contribution in [0.25, 0.3) is 0 Å². The second kappa shape index (κ2) is 6.68. The van der Waals surface area contributed by atoms with E-state index >= 15 is 0 Å². The molecule has 0 saturated carbocycles. The van der Waals surface area contributed by atoms with Crippen LogP contribution in [0.1, 0.15) is 25.3 Å². The largest absolute Gasteiger partial charge is 0.364 e. The van der Waals surface area contributed by atoms with Crippen molar-refractivity contribution < 1.29 is 4.89 Å². The number of hydrogen-bond acceptors (Lipinski definition) is 1. The van der Waals surface area contributed by atoms with Crippen LogP contribution in [0.5, 0.6) is 0 Å². The third kappa shape index (κ3) is 3.19. The smallest absolute Gasteiger partial charge is 0.0880 e. The Morgan fingerprint density at radius 2 is 1.61 bits per heavy atom. The van der Waals surface area contributed by atoms with Crippen LogP contribution >= 0.6 is 8.15 Å². The van der Waals surface area contributed by atoms with Gasteiger partial charge >= 0.3 is 0 Å². The lowest BCUT2D eigenvalue weighted by molar-refractivity contribution is 0.644. The summed E-state index contributed by atoms with van der Waals surface area (Å²) in [6.07, 6.45) is 3.41. The van der Waals surface area contributed by atoms with Crippen LogP contribution in [0.4, 0.5) is 0 Å². The Morgan fingerprint density at radius 1 is 0.944 bits per heavy atom. The fraction of sp³-hybridized carbons (Fsp3) is 0.250. The first-order valence-electron chi connectivity index (χ1n) is 6.45. The van der Waals surface area contributed by atoms with Gasteiger partial charge in [0.1, 0.15) is 0 Å². The monoisotopic (exact) mass is 258 g/mol. The maximum atomic E-state index is 10.5. The Labute approximate surface area is 110 Å². The van der Waals surface area contributed by atoms with Gasteiger partial charge in [-0.25, -0.2) is 0 Å². The molecule has 2 aromatic rings. The highest BCUT2D eigenvalue weighted by molar-refractivity contribution is 7.67. The van der Waals surface area contributed by atoms with Gasteiger partial charge in [-0.2, -0.15) is 0 Å². The predicted octanol–water partition coefficient (Wildman–Crippen LogP) is 3.37. The van der Waals surface area contributed by atoms with Crippen molar-refractivity contribution in [2.45, 2.75) is 26.2 Å². The van der Waals surface area contributed by atoms with Crippen LogP contribution < -0.4 is 10.6 Å². The zero-order chi connectivity index (χ0) is 12.8. The molecule has 2 rings (SSSR count). The van der Waals surface area contributed by atoms with E-state index in [9.17, 15) is 4.89 Å². The molecule has 0 saturated heterocycles. The highest BCUT2D eigenvalue weighted by atomic mass is 31.1. The first kappa shape index (κ1) is 13.3. The minimum absolute atomic E-state index is 1.02. The number of unbranched alkanes of at least 4 members (excludes halogenated alkanes) is 1. The molecular formula is C16H19OP. The van der Waals surface area contributed by atoms with Crippen molar-refractivity contribution in [2.75, 3.05) is 0 Å². The summed E-state index contributed by atoms with van der Waals surface area (Å²) in [6, 6.07) is 18.2. The highest BCUT2D eigenvalue weighted by Crippen LogP contribution is 2.29. The summed E-state index contributed by atoms with van der Waals surface area (Å²) in [5.41, 5.74) is 1.29. The average molecular weight is 258 g/mol. The van der Waals surface area contributed by atoms with Gasteiger partial charge in [0, 0.05) is 10.6 Å². The van der Waals surface area contributed by atoms with Crippen LogP contribution in [0.2, 0.25) is 0 Å².